The molecule has 0 atom stereocenters. The van der Waals surface area contributed by atoms with Gasteiger partial charge in [-0.05, 0) is 93.7 Å². The van der Waals surface area contributed by atoms with Gasteiger partial charge in [0.15, 0.2) is 0 Å². The number of sulfonamides is 1. The highest BCUT2D eigenvalue weighted by Gasteiger charge is 2.50. The van der Waals surface area contributed by atoms with Gasteiger partial charge in [0.1, 0.15) is 0 Å². The molecule has 0 unspecified atom stereocenters. The maximum atomic E-state index is 12.8. The summed E-state index contributed by atoms with van der Waals surface area (Å²) in [6.45, 7) is 4.39. The van der Waals surface area contributed by atoms with Gasteiger partial charge in [0.2, 0.25) is 10.0 Å². The van der Waals surface area contributed by atoms with Crippen molar-refractivity contribution >= 4 is 15.9 Å². The summed E-state index contributed by atoms with van der Waals surface area (Å²) in [5.41, 5.74) is 0.689. The first-order valence-corrected chi connectivity index (χ1v) is 12.0. The maximum absolute atomic E-state index is 12.8. The highest BCUT2D eigenvalue weighted by Crippen LogP contribution is 2.59. The number of hydrogen-bond acceptors (Lipinski definition) is 3. The molecule has 0 aromatic heterocycles. The molecule has 0 spiro atoms. The van der Waals surface area contributed by atoms with Gasteiger partial charge in [-0.3, -0.25) is 4.79 Å². The van der Waals surface area contributed by atoms with Gasteiger partial charge in [-0.2, -0.15) is 4.31 Å². The van der Waals surface area contributed by atoms with Crippen LogP contribution in [0.25, 0.3) is 0 Å². The molecule has 0 radical (unpaired) electrons. The summed E-state index contributed by atoms with van der Waals surface area (Å²) < 4.78 is 26.8. The summed E-state index contributed by atoms with van der Waals surface area (Å²) in [6, 6.07) is 6.27. The van der Waals surface area contributed by atoms with Gasteiger partial charge in [-0.25, -0.2) is 8.42 Å². The van der Waals surface area contributed by atoms with Crippen LogP contribution in [0.15, 0.2) is 29.2 Å². The monoisotopic (exact) mass is 404 g/mol. The molecule has 5 nitrogen and oxygen atoms in total. The molecule has 4 bridgehead atoms. The fraction of sp³-hybridized carbons (Fsp3) is 0.682. The third-order valence-corrected chi connectivity index (χ3v) is 9.32. The molecule has 154 valence electrons. The zero-order valence-electron chi connectivity index (χ0n) is 17.1. The highest BCUT2D eigenvalue weighted by molar-refractivity contribution is 7.89. The minimum atomic E-state index is -3.59. The first-order valence-electron chi connectivity index (χ1n) is 10.5. The Hall–Kier alpha value is -1.40. The fourth-order valence-corrected chi connectivity index (χ4v) is 7.53. The Morgan fingerprint density at radius 3 is 2.25 bits per heavy atom. The van der Waals surface area contributed by atoms with E-state index in [4.69, 9.17) is 0 Å². The molecule has 0 aliphatic heterocycles. The second kappa shape index (κ2) is 7.13. The van der Waals surface area contributed by atoms with Crippen molar-refractivity contribution in [2.75, 3.05) is 13.6 Å². The Morgan fingerprint density at radius 1 is 1.14 bits per heavy atom. The number of nitrogens with zero attached hydrogens (tertiary/aromatic N) is 1. The summed E-state index contributed by atoms with van der Waals surface area (Å²) in [6.07, 6.45) is 7.88. The summed E-state index contributed by atoms with van der Waals surface area (Å²) in [5, 5.41) is 3.14. The molecule has 1 amide bonds. The molecule has 6 heteroatoms. The smallest absolute Gasteiger partial charge is 0.251 e. The van der Waals surface area contributed by atoms with Crippen molar-refractivity contribution in [1.29, 1.82) is 0 Å². The lowest BCUT2D eigenvalue weighted by Gasteiger charge is -2.56. The number of carbonyl (C=O) groups is 1. The van der Waals surface area contributed by atoms with Crippen LogP contribution in [0, 0.1) is 23.2 Å². The fourth-order valence-electron chi connectivity index (χ4n) is 6.12. The number of carbonyl (C=O) groups excluding carboxylic acids is 1. The second-order valence-electron chi connectivity index (χ2n) is 9.74. The minimum Gasteiger partial charge on any atom is -0.351 e. The normalized spacial score (nSPS) is 31.5. The highest BCUT2D eigenvalue weighted by atomic mass is 32.2. The average molecular weight is 405 g/mol. The van der Waals surface area contributed by atoms with E-state index in [-0.39, 0.29) is 22.3 Å². The number of rotatable bonds is 6. The first-order chi connectivity index (χ1) is 13.2. The van der Waals surface area contributed by atoms with Crippen molar-refractivity contribution in [3.8, 4) is 0 Å². The molecule has 4 aliphatic rings. The van der Waals surface area contributed by atoms with Gasteiger partial charge >= 0.3 is 0 Å². The van der Waals surface area contributed by atoms with Crippen molar-refractivity contribution in [3.05, 3.63) is 29.8 Å². The lowest BCUT2D eigenvalue weighted by Crippen LogP contribution is -2.51. The SMILES string of the molecule is CC(C)N(C)S(=O)(=O)c1cccc(C(=O)NCC23CC4CC(CC(C4)C2)C3)c1. The molecule has 4 fully saturated rings. The molecule has 1 N–H and O–H groups in total. The maximum Gasteiger partial charge on any atom is 0.251 e. The summed E-state index contributed by atoms with van der Waals surface area (Å²) >= 11 is 0. The van der Waals surface area contributed by atoms with Crippen LogP contribution in [0.4, 0.5) is 0 Å². The number of hydrogen-bond donors (Lipinski definition) is 1. The van der Waals surface area contributed by atoms with Crippen molar-refractivity contribution in [2.45, 2.75) is 63.3 Å². The van der Waals surface area contributed by atoms with E-state index in [0.717, 1.165) is 24.3 Å². The van der Waals surface area contributed by atoms with E-state index in [1.807, 2.05) is 13.8 Å². The topological polar surface area (TPSA) is 66.5 Å². The summed E-state index contributed by atoms with van der Waals surface area (Å²) in [7, 11) is -2.02. The average Bonchev–Trinajstić information content (AvgIpc) is 2.64. The van der Waals surface area contributed by atoms with Crippen molar-refractivity contribution in [2.24, 2.45) is 23.2 Å². The minimum absolute atomic E-state index is 0.140. The molecular formula is C22H32N2O3S. The Morgan fingerprint density at radius 2 is 1.71 bits per heavy atom. The lowest BCUT2D eigenvalue weighted by atomic mass is 9.49. The van der Waals surface area contributed by atoms with Crippen LogP contribution < -0.4 is 5.32 Å². The van der Waals surface area contributed by atoms with Crippen LogP contribution in [-0.2, 0) is 10.0 Å². The van der Waals surface area contributed by atoms with E-state index in [9.17, 15) is 13.2 Å². The van der Waals surface area contributed by atoms with E-state index >= 15 is 0 Å². The number of benzene rings is 1. The van der Waals surface area contributed by atoms with Crippen LogP contribution in [0.2, 0.25) is 0 Å². The predicted octanol–water partition coefficient (Wildman–Crippen LogP) is 3.66. The van der Waals surface area contributed by atoms with Crippen LogP contribution in [0.3, 0.4) is 0 Å². The summed E-state index contributed by atoms with van der Waals surface area (Å²) in [5.74, 6) is 2.38. The van der Waals surface area contributed by atoms with Crippen LogP contribution in [-0.4, -0.2) is 38.3 Å². The zero-order chi connectivity index (χ0) is 20.1. The second-order valence-corrected chi connectivity index (χ2v) is 11.7. The van der Waals surface area contributed by atoms with Crippen LogP contribution in [0.5, 0.6) is 0 Å². The van der Waals surface area contributed by atoms with E-state index in [2.05, 4.69) is 5.32 Å². The molecule has 5 rings (SSSR count). The van der Waals surface area contributed by atoms with E-state index < -0.39 is 10.0 Å². The number of amides is 1. The van der Waals surface area contributed by atoms with E-state index in [1.54, 1.807) is 25.2 Å². The Balaban J connectivity index is 1.46. The van der Waals surface area contributed by atoms with E-state index in [0.29, 0.717) is 5.56 Å². The van der Waals surface area contributed by atoms with Gasteiger partial charge < -0.3 is 5.32 Å². The largest absolute Gasteiger partial charge is 0.351 e. The van der Waals surface area contributed by atoms with E-state index in [1.165, 1.54) is 48.9 Å². The van der Waals surface area contributed by atoms with Crippen molar-refractivity contribution < 1.29 is 13.2 Å². The first kappa shape index (κ1) is 19.9. The van der Waals surface area contributed by atoms with Gasteiger partial charge in [0.25, 0.3) is 5.91 Å². The molecule has 1 aromatic rings. The van der Waals surface area contributed by atoms with Crippen molar-refractivity contribution in [1.82, 2.24) is 9.62 Å². The van der Waals surface area contributed by atoms with Gasteiger partial charge in [-0.1, -0.05) is 6.07 Å². The Labute approximate surface area is 168 Å². The van der Waals surface area contributed by atoms with Gasteiger partial charge in [0, 0.05) is 25.2 Å². The van der Waals surface area contributed by atoms with Crippen LogP contribution in [0.1, 0.15) is 62.7 Å². The predicted molar refractivity (Wildman–Crippen MR) is 109 cm³/mol. The molecule has 4 saturated carbocycles. The lowest BCUT2D eigenvalue weighted by molar-refractivity contribution is -0.0503. The Bertz CT molecular complexity index is 827. The van der Waals surface area contributed by atoms with Gasteiger partial charge in [-0.15, -0.1) is 0 Å². The quantitative estimate of drug-likeness (QED) is 0.787. The van der Waals surface area contributed by atoms with Crippen LogP contribution >= 0.6 is 0 Å². The Kier molecular flexibility index (Phi) is 5.07. The summed E-state index contributed by atoms with van der Waals surface area (Å²) in [4.78, 5) is 13.0. The van der Waals surface area contributed by atoms with Gasteiger partial charge in [0.05, 0.1) is 4.90 Å². The molecule has 0 heterocycles. The molecule has 28 heavy (non-hydrogen) atoms. The molecule has 0 saturated heterocycles. The molecule has 4 aliphatic carbocycles. The third-order valence-electron chi connectivity index (χ3n) is 7.29. The number of nitrogens with one attached hydrogen (secondary N) is 1. The zero-order valence-corrected chi connectivity index (χ0v) is 18.0. The molecular weight excluding hydrogens is 372 g/mol. The standard InChI is InChI=1S/C22H32N2O3S/c1-15(2)24(3)28(26,27)20-6-4-5-19(10-20)21(25)23-14-22-11-16-7-17(12-22)9-18(8-16)13-22/h4-6,10,15-18H,7-9,11-14H2,1-3H3,(H,23,25). The third kappa shape index (κ3) is 3.61. The molecule has 1 aromatic carbocycles. The van der Waals surface area contributed by atoms with Crippen molar-refractivity contribution in [3.63, 3.8) is 0 Å².